The van der Waals surface area contributed by atoms with Gasteiger partial charge in [-0.15, -0.1) is 0 Å². The summed E-state index contributed by atoms with van der Waals surface area (Å²) in [6, 6.07) is 8.78. The lowest BCUT2D eigenvalue weighted by molar-refractivity contribution is 0.477. The Morgan fingerprint density at radius 1 is 1.26 bits per heavy atom. The Bertz CT molecular complexity index is 1050. The lowest BCUT2D eigenvalue weighted by atomic mass is 10.0. The van der Waals surface area contributed by atoms with Gasteiger partial charge in [-0.1, -0.05) is 19.1 Å². The third-order valence-electron chi connectivity index (χ3n) is 4.05. The number of hydrogen-bond acceptors (Lipinski definition) is 6. The molecule has 27 heavy (non-hydrogen) atoms. The molecule has 3 N–H and O–H groups in total. The Labute approximate surface area is 159 Å². The molecule has 142 valence electrons. The van der Waals surface area contributed by atoms with Crippen LogP contribution in [0.5, 0.6) is 5.75 Å². The molecule has 10 heteroatoms. The van der Waals surface area contributed by atoms with E-state index in [1.165, 1.54) is 0 Å². The van der Waals surface area contributed by atoms with Crippen molar-refractivity contribution >= 4 is 34.8 Å². The van der Waals surface area contributed by atoms with Crippen LogP contribution in [0.3, 0.4) is 0 Å². The Morgan fingerprint density at radius 2 is 2.04 bits per heavy atom. The minimum atomic E-state index is -3.24. The number of sulfonamides is 1. The highest BCUT2D eigenvalue weighted by atomic mass is 32.2. The predicted octanol–water partition coefficient (Wildman–Crippen LogP) is 0.102. The summed E-state index contributed by atoms with van der Waals surface area (Å²) in [5.41, 5.74) is 2.80. The number of phenolic OH excluding ortho intramolecular Hbond substituents is 1. The number of aromatic hydroxyl groups is 1. The van der Waals surface area contributed by atoms with Crippen LogP contribution in [0.15, 0.2) is 36.5 Å². The molecule has 2 heterocycles. The smallest absolute Gasteiger partial charge is 0.211 e. The molecule has 0 aliphatic rings. The number of phenols is 1. The van der Waals surface area contributed by atoms with Gasteiger partial charge in [0.05, 0.1) is 11.4 Å². The van der Waals surface area contributed by atoms with Crippen molar-refractivity contribution in [2.75, 3.05) is 24.2 Å². The Kier molecular flexibility index (Phi) is 5.66. The Hall–Kier alpha value is -2.59. The molecular weight excluding hydrogens is 365 g/mol. The highest BCUT2D eigenvalue weighted by Crippen LogP contribution is 2.29. The third-order valence-corrected chi connectivity index (χ3v) is 5.64. The first-order chi connectivity index (χ1) is 12.9. The first kappa shape index (κ1) is 19.2. The highest BCUT2D eigenvalue weighted by molar-refractivity contribution is 7.89. The van der Waals surface area contributed by atoms with Gasteiger partial charge in [0, 0.05) is 30.9 Å². The number of nitrogens with one attached hydrogen (secondary N) is 2. The fourth-order valence-corrected chi connectivity index (χ4v) is 3.86. The van der Waals surface area contributed by atoms with E-state index < -0.39 is 10.0 Å². The van der Waals surface area contributed by atoms with Crippen molar-refractivity contribution in [2.45, 2.75) is 13.3 Å². The summed E-state index contributed by atoms with van der Waals surface area (Å²) in [6.07, 6.45) is 2.29. The normalized spacial score (nSPS) is 11.7. The van der Waals surface area contributed by atoms with Crippen molar-refractivity contribution in [2.24, 2.45) is 0 Å². The SMILES string of the molecule is Bc1cnn2c(NCCNS(=O)(=O)CCC)cc(-c3ccccc3O)nc12. The number of rotatable bonds is 8. The van der Waals surface area contributed by atoms with Gasteiger partial charge in [0.1, 0.15) is 19.4 Å². The lowest BCUT2D eigenvalue weighted by Gasteiger charge is -2.12. The Balaban J connectivity index is 1.85. The Morgan fingerprint density at radius 3 is 2.78 bits per heavy atom. The van der Waals surface area contributed by atoms with E-state index in [1.54, 1.807) is 35.0 Å². The summed E-state index contributed by atoms with van der Waals surface area (Å²) >= 11 is 0. The number of anilines is 1. The van der Waals surface area contributed by atoms with E-state index >= 15 is 0 Å². The minimum Gasteiger partial charge on any atom is -0.507 e. The maximum Gasteiger partial charge on any atom is 0.211 e. The number of fused-ring (bicyclic) bond motifs is 1. The topological polar surface area (TPSA) is 109 Å². The van der Waals surface area contributed by atoms with Gasteiger partial charge in [-0.25, -0.2) is 18.1 Å². The van der Waals surface area contributed by atoms with Crippen LogP contribution in [0.1, 0.15) is 13.3 Å². The van der Waals surface area contributed by atoms with Gasteiger partial charge in [-0.3, -0.25) is 0 Å². The van der Waals surface area contributed by atoms with Crippen molar-refractivity contribution in [3.63, 3.8) is 0 Å². The number of hydrogen-bond donors (Lipinski definition) is 3. The van der Waals surface area contributed by atoms with Crippen LogP contribution < -0.4 is 15.5 Å². The van der Waals surface area contributed by atoms with E-state index in [0.717, 1.165) is 5.46 Å². The van der Waals surface area contributed by atoms with Gasteiger partial charge >= 0.3 is 0 Å². The molecule has 0 aliphatic heterocycles. The molecule has 0 saturated heterocycles. The van der Waals surface area contributed by atoms with E-state index in [-0.39, 0.29) is 18.0 Å². The van der Waals surface area contributed by atoms with Gasteiger partial charge in [0.2, 0.25) is 10.0 Å². The minimum absolute atomic E-state index is 0.113. The first-order valence-corrected chi connectivity index (χ1v) is 10.4. The second-order valence-corrected chi connectivity index (χ2v) is 8.17. The molecular formula is C17H22BN5O3S. The van der Waals surface area contributed by atoms with E-state index in [1.807, 2.05) is 20.8 Å². The van der Waals surface area contributed by atoms with Gasteiger partial charge in [0.15, 0.2) is 5.65 Å². The molecule has 0 aliphatic carbocycles. The number of para-hydroxylation sites is 1. The summed E-state index contributed by atoms with van der Waals surface area (Å²) in [4.78, 5) is 4.61. The second kappa shape index (κ2) is 7.97. The van der Waals surface area contributed by atoms with E-state index in [9.17, 15) is 13.5 Å². The van der Waals surface area contributed by atoms with E-state index in [2.05, 4.69) is 20.1 Å². The molecule has 3 rings (SSSR count). The maximum absolute atomic E-state index is 11.7. The molecule has 0 atom stereocenters. The fourth-order valence-electron chi connectivity index (χ4n) is 2.76. The maximum atomic E-state index is 11.7. The summed E-state index contributed by atoms with van der Waals surface area (Å²) < 4.78 is 27.7. The molecule has 0 unspecified atom stereocenters. The molecule has 3 aromatic rings. The van der Waals surface area contributed by atoms with E-state index in [4.69, 9.17) is 0 Å². The van der Waals surface area contributed by atoms with Crippen molar-refractivity contribution in [1.82, 2.24) is 19.3 Å². The number of aromatic nitrogens is 3. The molecule has 1 aromatic carbocycles. The zero-order chi connectivity index (χ0) is 19.4. The molecule has 0 bridgehead atoms. The van der Waals surface area contributed by atoms with Crippen molar-refractivity contribution in [3.8, 4) is 17.0 Å². The predicted molar refractivity (Wildman–Crippen MR) is 109 cm³/mol. The summed E-state index contributed by atoms with van der Waals surface area (Å²) in [6.45, 7) is 2.48. The zero-order valence-electron chi connectivity index (χ0n) is 15.3. The fraction of sp³-hybridized carbons (Fsp3) is 0.294. The zero-order valence-corrected chi connectivity index (χ0v) is 16.1. The largest absolute Gasteiger partial charge is 0.507 e. The molecule has 2 aromatic heterocycles. The van der Waals surface area contributed by atoms with Crippen LogP contribution in [0.2, 0.25) is 0 Å². The standard InChI is InChI=1S/C17H22BN5O3S/c1-2-9-27(25,26)21-8-7-19-16-10-14(12-5-3-4-6-15(12)24)22-17-13(18)11-20-23(16)17/h3-6,10-11,19,21,24H,2,7-9,18H2,1H3. The molecule has 0 spiro atoms. The monoisotopic (exact) mass is 387 g/mol. The van der Waals surface area contributed by atoms with Crippen molar-refractivity contribution in [1.29, 1.82) is 0 Å². The third kappa shape index (κ3) is 4.40. The summed E-state index contributed by atoms with van der Waals surface area (Å²) in [5.74, 6) is 0.924. The molecule has 0 radical (unpaired) electrons. The highest BCUT2D eigenvalue weighted by Gasteiger charge is 2.13. The molecule has 0 saturated carbocycles. The van der Waals surface area contributed by atoms with Gasteiger partial charge < -0.3 is 10.4 Å². The van der Waals surface area contributed by atoms with E-state index in [0.29, 0.717) is 35.7 Å². The van der Waals surface area contributed by atoms with Crippen LogP contribution >= 0.6 is 0 Å². The number of nitrogens with zero attached hydrogens (tertiary/aromatic N) is 3. The van der Waals surface area contributed by atoms with Gasteiger partial charge in [-0.05, 0) is 24.0 Å². The van der Waals surface area contributed by atoms with Crippen LogP contribution in [0.4, 0.5) is 5.82 Å². The average molecular weight is 387 g/mol. The second-order valence-electron chi connectivity index (χ2n) is 6.25. The van der Waals surface area contributed by atoms with Crippen LogP contribution in [0.25, 0.3) is 16.9 Å². The average Bonchev–Trinajstić information content (AvgIpc) is 3.00. The van der Waals surface area contributed by atoms with Crippen molar-refractivity contribution < 1.29 is 13.5 Å². The van der Waals surface area contributed by atoms with Crippen LogP contribution in [-0.4, -0.2) is 54.8 Å². The first-order valence-electron chi connectivity index (χ1n) is 8.76. The van der Waals surface area contributed by atoms with Crippen LogP contribution in [0, 0.1) is 0 Å². The molecule has 8 nitrogen and oxygen atoms in total. The quantitative estimate of drug-likeness (QED) is 0.374. The summed E-state index contributed by atoms with van der Waals surface area (Å²) in [5, 5.41) is 17.7. The van der Waals surface area contributed by atoms with Gasteiger partial charge in [0.25, 0.3) is 0 Å². The summed E-state index contributed by atoms with van der Waals surface area (Å²) in [7, 11) is -1.33. The van der Waals surface area contributed by atoms with Gasteiger partial charge in [-0.2, -0.15) is 9.61 Å². The number of benzene rings is 1. The van der Waals surface area contributed by atoms with Crippen molar-refractivity contribution in [3.05, 3.63) is 36.5 Å². The molecule has 0 fully saturated rings. The van der Waals surface area contributed by atoms with Crippen LogP contribution in [-0.2, 0) is 10.0 Å². The molecule has 0 amide bonds. The lowest BCUT2D eigenvalue weighted by Crippen LogP contribution is -2.31.